The van der Waals surface area contributed by atoms with Crippen molar-refractivity contribution >= 4 is 5.97 Å². The molecule has 0 radical (unpaired) electrons. The number of aromatic nitrogens is 2. The fourth-order valence-corrected chi connectivity index (χ4v) is 1.70. The summed E-state index contributed by atoms with van der Waals surface area (Å²) in [7, 11) is 1.80. The molecule has 0 aliphatic heterocycles. The summed E-state index contributed by atoms with van der Waals surface area (Å²) in [6.45, 7) is 5.49. The van der Waals surface area contributed by atoms with E-state index in [-0.39, 0.29) is 0 Å². The molecule has 0 amide bonds. The Bertz CT molecular complexity index is 382. The van der Waals surface area contributed by atoms with Crippen molar-refractivity contribution in [3.05, 3.63) is 17.5 Å². The number of carboxylic acids is 1. The van der Waals surface area contributed by atoms with Crippen molar-refractivity contribution in [2.45, 2.75) is 32.2 Å². The zero-order chi connectivity index (χ0) is 11.8. The zero-order valence-corrected chi connectivity index (χ0v) is 9.48. The first-order chi connectivity index (χ1) is 6.76. The molecular formula is C10H17N3O2. The number of carboxylic acid groups (broad SMARTS) is 1. The minimum absolute atomic E-state index is 0.669. The summed E-state index contributed by atoms with van der Waals surface area (Å²) in [6, 6.07) is -0.953. The summed E-state index contributed by atoms with van der Waals surface area (Å²) >= 11 is 0. The van der Waals surface area contributed by atoms with Gasteiger partial charge >= 0.3 is 5.97 Å². The van der Waals surface area contributed by atoms with Gasteiger partial charge in [0.2, 0.25) is 0 Å². The molecule has 5 heteroatoms. The molecule has 3 N–H and O–H groups in total. The van der Waals surface area contributed by atoms with Crippen LogP contribution < -0.4 is 5.73 Å². The van der Waals surface area contributed by atoms with Gasteiger partial charge in [-0.3, -0.25) is 9.48 Å². The van der Waals surface area contributed by atoms with Crippen molar-refractivity contribution in [2.24, 2.45) is 12.8 Å². The molecule has 0 spiro atoms. The quantitative estimate of drug-likeness (QED) is 0.759. The molecule has 5 nitrogen and oxygen atoms in total. The largest absolute Gasteiger partial charge is 0.480 e. The maximum absolute atomic E-state index is 10.9. The van der Waals surface area contributed by atoms with Crippen molar-refractivity contribution in [1.29, 1.82) is 0 Å². The number of nitrogens with two attached hydrogens (primary N) is 1. The minimum atomic E-state index is -1.01. The number of carbonyl (C=O) groups is 1. The molecule has 0 saturated carbocycles. The van der Waals surface area contributed by atoms with E-state index in [1.807, 2.05) is 13.1 Å². The van der Waals surface area contributed by atoms with Crippen LogP contribution in [0.15, 0.2) is 6.20 Å². The molecule has 0 bridgehead atoms. The van der Waals surface area contributed by atoms with Crippen molar-refractivity contribution in [3.63, 3.8) is 0 Å². The predicted molar refractivity (Wildman–Crippen MR) is 56.6 cm³/mol. The highest BCUT2D eigenvalue weighted by atomic mass is 16.4. The van der Waals surface area contributed by atoms with E-state index in [2.05, 4.69) is 5.10 Å². The third kappa shape index (κ3) is 2.02. The fourth-order valence-electron chi connectivity index (χ4n) is 1.70. The van der Waals surface area contributed by atoms with E-state index in [1.165, 1.54) is 0 Å². The van der Waals surface area contributed by atoms with Crippen LogP contribution in [0.4, 0.5) is 0 Å². The number of nitrogens with zero attached hydrogens (tertiary/aromatic N) is 2. The average Bonchev–Trinajstić information content (AvgIpc) is 2.44. The van der Waals surface area contributed by atoms with Crippen LogP contribution >= 0.6 is 0 Å². The number of hydrogen-bond donors (Lipinski definition) is 2. The maximum atomic E-state index is 10.9. The summed E-state index contributed by atoms with van der Waals surface area (Å²) in [5, 5.41) is 13.2. The lowest BCUT2D eigenvalue weighted by molar-refractivity contribution is -0.140. The Labute approximate surface area is 88.9 Å². The van der Waals surface area contributed by atoms with Gasteiger partial charge in [0.05, 0.1) is 5.69 Å². The molecule has 0 saturated heterocycles. The topological polar surface area (TPSA) is 81.1 Å². The van der Waals surface area contributed by atoms with Gasteiger partial charge in [-0.05, 0) is 12.5 Å². The highest BCUT2D eigenvalue weighted by Crippen LogP contribution is 2.27. The zero-order valence-electron chi connectivity index (χ0n) is 9.48. The number of aryl methyl sites for hydroxylation is 2. The summed E-state index contributed by atoms with van der Waals surface area (Å²) in [6.07, 6.45) is 1.85. The molecule has 1 heterocycles. The maximum Gasteiger partial charge on any atom is 0.321 e. The smallest absolute Gasteiger partial charge is 0.321 e. The molecule has 0 fully saturated rings. The van der Waals surface area contributed by atoms with E-state index in [1.54, 1.807) is 25.6 Å². The van der Waals surface area contributed by atoms with Crippen LogP contribution in [0.1, 0.15) is 25.1 Å². The minimum Gasteiger partial charge on any atom is -0.480 e. The van der Waals surface area contributed by atoms with Crippen LogP contribution in [0.25, 0.3) is 0 Å². The highest BCUT2D eigenvalue weighted by Gasteiger charge is 2.36. The first-order valence-corrected chi connectivity index (χ1v) is 4.76. The van der Waals surface area contributed by atoms with E-state index >= 15 is 0 Å². The highest BCUT2D eigenvalue weighted by molar-refractivity contribution is 5.75. The number of hydrogen-bond acceptors (Lipinski definition) is 3. The van der Waals surface area contributed by atoms with Gasteiger partial charge in [0.25, 0.3) is 0 Å². The second kappa shape index (κ2) is 3.66. The van der Waals surface area contributed by atoms with Gasteiger partial charge in [-0.15, -0.1) is 0 Å². The van der Waals surface area contributed by atoms with Crippen LogP contribution in [0.3, 0.4) is 0 Å². The molecule has 84 valence electrons. The van der Waals surface area contributed by atoms with Crippen molar-refractivity contribution in [2.75, 3.05) is 0 Å². The van der Waals surface area contributed by atoms with Crippen LogP contribution in [-0.2, 0) is 17.3 Å². The molecule has 1 unspecified atom stereocenters. The van der Waals surface area contributed by atoms with E-state index in [9.17, 15) is 4.79 Å². The predicted octanol–water partition coefficient (Wildman–Crippen LogP) is 0.418. The molecule has 0 aliphatic carbocycles. The summed E-state index contributed by atoms with van der Waals surface area (Å²) in [5.41, 5.74) is 6.68. The standard InChI is InChI=1S/C10H17N3O2/c1-6-5-13(4)12-8(6)10(2,3)7(11)9(14)15/h5,7H,11H2,1-4H3,(H,14,15). The van der Waals surface area contributed by atoms with Crippen LogP contribution in [0.2, 0.25) is 0 Å². The van der Waals surface area contributed by atoms with E-state index in [0.29, 0.717) is 0 Å². The van der Waals surface area contributed by atoms with E-state index < -0.39 is 17.4 Å². The Morgan fingerprint density at radius 3 is 2.53 bits per heavy atom. The Kier molecular flexibility index (Phi) is 2.86. The first kappa shape index (κ1) is 11.7. The normalized spacial score (nSPS) is 13.9. The molecular weight excluding hydrogens is 194 g/mol. The molecule has 1 aromatic heterocycles. The van der Waals surface area contributed by atoms with Crippen molar-refractivity contribution in [3.8, 4) is 0 Å². The third-order valence-electron chi connectivity index (χ3n) is 2.67. The monoisotopic (exact) mass is 211 g/mol. The van der Waals surface area contributed by atoms with Gasteiger partial charge in [-0.25, -0.2) is 0 Å². The van der Waals surface area contributed by atoms with Gasteiger partial charge in [0.15, 0.2) is 0 Å². The Hall–Kier alpha value is -1.36. The SMILES string of the molecule is Cc1cn(C)nc1C(C)(C)C(N)C(=O)O. The molecule has 0 aliphatic rings. The van der Waals surface area contributed by atoms with E-state index in [0.717, 1.165) is 11.3 Å². The molecule has 1 aromatic rings. The lowest BCUT2D eigenvalue weighted by atomic mass is 9.80. The van der Waals surface area contributed by atoms with Crippen LogP contribution in [0.5, 0.6) is 0 Å². The lowest BCUT2D eigenvalue weighted by Crippen LogP contribution is -2.47. The summed E-state index contributed by atoms with van der Waals surface area (Å²) < 4.78 is 1.67. The lowest BCUT2D eigenvalue weighted by Gasteiger charge is -2.27. The second-order valence-electron chi connectivity index (χ2n) is 4.37. The van der Waals surface area contributed by atoms with E-state index in [4.69, 9.17) is 10.8 Å². The fraction of sp³-hybridized carbons (Fsp3) is 0.600. The van der Waals surface area contributed by atoms with Gasteiger partial charge in [-0.2, -0.15) is 5.10 Å². The average molecular weight is 211 g/mol. The molecule has 1 rings (SSSR count). The van der Waals surface area contributed by atoms with Gasteiger partial charge < -0.3 is 10.8 Å². The third-order valence-corrected chi connectivity index (χ3v) is 2.67. The van der Waals surface area contributed by atoms with Gasteiger partial charge in [0.1, 0.15) is 6.04 Å². The van der Waals surface area contributed by atoms with Crippen LogP contribution in [-0.4, -0.2) is 26.9 Å². The summed E-state index contributed by atoms with van der Waals surface area (Å²) in [5.74, 6) is -1.01. The van der Waals surface area contributed by atoms with Gasteiger partial charge in [-0.1, -0.05) is 13.8 Å². The molecule has 1 atom stereocenters. The number of aliphatic carboxylic acids is 1. The molecule has 0 aromatic carbocycles. The van der Waals surface area contributed by atoms with Crippen LogP contribution in [0, 0.1) is 6.92 Å². The Morgan fingerprint density at radius 1 is 1.67 bits per heavy atom. The number of rotatable bonds is 3. The Balaban J connectivity index is 3.15. The van der Waals surface area contributed by atoms with Crippen molar-refractivity contribution < 1.29 is 9.90 Å². The summed E-state index contributed by atoms with van der Waals surface area (Å²) in [4.78, 5) is 10.9. The Morgan fingerprint density at radius 2 is 2.20 bits per heavy atom. The van der Waals surface area contributed by atoms with Gasteiger partial charge in [0, 0.05) is 18.7 Å². The second-order valence-corrected chi connectivity index (χ2v) is 4.37. The first-order valence-electron chi connectivity index (χ1n) is 4.76. The van der Waals surface area contributed by atoms with Crippen molar-refractivity contribution in [1.82, 2.24) is 9.78 Å². The molecule has 15 heavy (non-hydrogen) atoms.